The minimum atomic E-state index is 0.852. The molecule has 0 saturated carbocycles. The zero-order valence-electron chi connectivity index (χ0n) is 3.40. The van der Waals surface area contributed by atoms with Gasteiger partial charge < -0.3 is 4.44 Å². The molecule has 0 aliphatic heterocycles. The van der Waals surface area contributed by atoms with Gasteiger partial charge in [-0.15, -0.1) is 0 Å². The van der Waals surface area contributed by atoms with Gasteiger partial charge in [-0.05, 0) is 9.47 Å². The van der Waals surface area contributed by atoms with Crippen molar-refractivity contribution in [1.29, 1.82) is 0 Å². The average Bonchev–Trinajstić information content (AvgIpc) is 1.41. The first-order chi connectivity index (χ1) is 2.41. The van der Waals surface area contributed by atoms with Gasteiger partial charge in [-0.3, -0.25) is 0 Å². The summed E-state index contributed by atoms with van der Waals surface area (Å²) in [4.78, 5) is 0. The van der Waals surface area contributed by atoms with E-state index in [0.29, 0.717) is 0 Å². The molecule has 0 aliphatic rings. The molecule has 0 spiro atoms. The van der Waals surface area contributed by atoms with E-state index in [1.165, 1.54) is 0 Å². The summed E-state index contributed by atoms with van der Waals surface area (Å²) in [6.45, 7) is 2.07. The Morgan fingerprint density at radius 2 is 2.60 bits per heavy atom. The summed E-state index contributed by atoms with van der Waals surface area (Å²) in [5.41, 5.74) is 0. The highest BCUT2D eigenvalue weighted by atomic mass is 31.0. The topological polar surface area (TPSA) is 9.23 Å². The Labute approximate surface area is 35.7 Å². The predicted molar refractivity (Wildman–Crippen MR) is 28.4 cm³/mol. The van der Waals surface area contributed by atoms with Crippen LogP contribution in [-0.4, -0.2) is 7.48 Å². The third-order valence-electron chi connectivity index (χ3n) is 0.322. The monoisotopic (exact) mass is 90.0 g/mol. The molecule has 0 saturated heterocycles. The van der Waals surface area contributed by atoms with E-state index < -0.39 is 0 Å². The molecule has 0 bridgehead atoms. The van der Waals surface area contributed by atoms with Crippen molar-refractivity contribution >= 4 is 16.9 Å². The van der Waals surface area contributed by atoms with Crippen molar-refractivity contribution in [2.45, 2.75) is 13.2 Å². The standard InChI is InChI=1S/C2H8BOP/c1-2-3-4-5/h3H,2,5H2,1H3. The molecule has 0 aromatic rings. The molecule has 0 aromatic carbocycles. The SMILES string of the molecule is CCBOP. The fourth-order valence-electron chi connectivity index (χ4n) is 0.118. The van der Waals surface area contributed by atoms with Gasteiger partial charge in [0.05, 0.1) is 0 Å². The molecule has 5 heavy (non-hydrogen) atoms. The number of rotatable bonds is 2. The van der Waals surface area contributed by atoms with E-state index in [9.17, 15) is 0 Å². The molecule has 30 valence electrons. The van der Waals surface area contributed by atoms with E-state index >= 15 is 0 Å². The minimum Gasteiger partial charge on any atom is -0.424 e. The van der Waals surface area contributed by atoms with Crippen LogP contribution in [0.3, 0.4) is 0 Å². The Morgan fingerprint density at radius 3 is 2.60 bits per heavy atom. The Bertz CT molecular complexity index is 17.1. The van der Waals surface area contributed by atoms with Gasteiger partial charge in [0.2, 0.25) is 0 Å². The fourth-order valence-corrected chi connectivity index (χ4v) is 0.354. The van der Waals surface area contributed by atoms with Gasteiger partial charge >= 0.3 is 0 Å². The zero-order chi connectivity index (χ0) is 4.12. The molecule has 0 amide bonds. The molecule has 3 heteroatoms. The molecule has 1 unspecified atom stereocenters. The maximum absolute atomic E-state index is 4.61. The lowest BCUT2D eigenvalue weighted by molar-refractivity contribution is 0.696. The molecule has 0 heterocycles. The van der Waals surface area contributed by atoms with Gasteiger partial charge in [-0.25, -0.2) is 0 Å². The van der Waals surface area contributed by atoms with Crippen LogP contribution in [0.1, 0.15) is 6.92 Å². The van der Waals surface area contributed by atoms with Gasteiger partial charge in [0.25, 0.3) is 7.48 Å². The maximum Gasteiger partial charge on any atom is 0.279 e. The first kappa shape index (κ1) is 5.45. The lowest BCUT2D eigenvalue weighted by atomic mass is 9.99. The van der Waals surface area contributed by atoms with Crippen molar-refractivity contribution < 1.29 is 4.44 Å². The molecular weight excluding hydrogens is 81.8 g/mol. The lowest BCUT2D eigenvalue weighted by Gasteiger charge is -1.80. The normalized spacial score (nSPS) is 7.60. The smallest absolute Gasteiger partial charge is 0.279 e. The van der Waals surface area contributed by atoms with Crippen LogP contribution in [0, 0.1) is 0 Å². The highest BCUT2D eigenvalue weighted by Crippen LogP contribution is 1.82. The van der Waals surface area contributed by atoms with E-state index in [1.807, 2.05) is 0 Å². The van der Waals surface area contributed by atoms with Crippen molar-refractivity contribution in [1.82, 2.24) is 0 Å². The highest BCUT2D eigenvalue weighted by Gasteiger charge is 1.73. The molecule has 1 nitrogen and oxygen atoms in total. The van der Waals surface area contributed by atoms with Crippen molar-refractivity contribution in [2.75, 3.05) is 0 Å². The third-order valence-corrected chi connectivity index (χ3v) is 0.558. The average molecular weight is 89.9 g/mol. The van der Waals surface area contributed by atoms with Gasteiger partial charge in [-0.2, -0.15) is 0 Å². The molecule has 0 aromatic heterocycles. The summed E-state index contributed by atoms with van der Waals surface area (Å²) in [5, 5.41) is 0. The molecule has 0 N–H and O–H groups in total. The van der Waals surface area contributed by atoms with Crippen molar-refractivity contribution in [2.24, 2.45) is 0 Å². The second-order valence-electron chi connectivity index (χ2n) is 0.871. The Kier molecular flexibility index (Phi) is 4.86. The Hall–Kier alpha value is 0.455. The largest absolute Gasteiger partial charge is 0.424 e. The molecule has 0 fully saturated rings. The van der Waals surface area contributed by atoms with Crippen LogP contribution in [-0.2, 0) is 4.44 Å². The van der Waals surface area contributed by atoms with Gasteiger partial charge in [0.15, 0.2) is 0 Å². The summed E-state index contributed by atoms with van der Waals surface area (Å²) < 4.78 is 4.61. The number of hydrogen-bond donors (Lipinski definition) is 0. The van der Waals surface area contributed by atoms with E-state index in [4.69, 9.17) is 0 Å². The first-order valence-corrected chi connectivity index (χ1v) is 2.20. The summed E-state index contributed by atoms with van der Waals surface area (Å²) in [6, 6.07) is 0. The molecule has 0 radical (unpaired) electrons. The van der Waals surface area contributed by atoms with Crippen molar-refractivity contribution in [3.05, 3.63) is 0 Å². The Balaban J connectivity index is 2.19. The van der Waals surface area contributed by atoms with Crippen LogP contribution in [0.2, 0.25) is 6.32 Å². The lowest BCUT2D eigenvalue weighted by Crippen LogP contribution is -1.79. The van der Waals surface area contributed by atoms with Crippen LogP contribution in [0.4, 0.5) is 0 Å². The van der Waals surface area contributed by atoms with E-state index in [-0.39, 0.29) is 0 Å². The van der Waals surface area contributed by atoms with E-state index in [0.717, 1.165) is 13.8 Å². The zero-order valence-corrected chi connectivity index (χ0v) is 4.55. The third kappa shape index (κ3) is 4.45. The maximum atomic E-state index is 4.61. The van der Waals surface area contributed by atoms with Crippen LogP contribution in [0.25, 0.3) is 0 Å². The first-order valence-electron chi connectivity index (χ1n) is 1.73. The summed E-state index contributed by atoms with van der Waals surface area (Å²) in [7, 11) is 3.05. The summed E-state index contributed by atoms with van der Waals surface area (Å²) in [6.07, 6.45) is 1.10. The highest BCUT2D eigenvalue weighted by molar-refractivity contribution is 7.12. The fraction of sp³-hybridized carbons (Fsp3) is 1.00. The summed E-state index contributed by atoms with van der Waals surface area (Å²) >= 11 is 0. The van der Waals surface area contributed by atoms with Crippen LogP contribution < -0.4 is 0 Å². The summed E-state index contributed by atoms with van der Waals surface area (Å²) in [5.74, 6) is 0. The van der Waals surface area contributed by atoms with Crippen molar-refractivity contribution in [3.63, 3.8) is 0 Å². The predicted octanol–water partition coefficient (Wildman–Crippen LogP) is 0.583. The van der Waals surface area contributed by atoms with Gasteiger partial charge in [0, 0.05) is 0 Å². The molecule has 0 rings (SSSR count). The molecule has 1 atom stereocenters. The second kappa shape index (κ2) is 4.45. The van der Waals surface area contributed by atoms with E-state index in [2.05, 4.69) is 20.8 Å². The van der Waals surface area contributed by atoms with E-state index in [1.54, 1.807) is 0 Å². The molecular formula is C2H8BOP. The quantitative estimate of drug-likeness (QED) is 0.356. The van der Waals surface area contributed by atoms with Gasteiger partial charge in [-0.1, -0.05) is 13.2 Å². The number of hydrogen-bond acceptors (Lipinski definition) is 1. The second-order valence-corrected chi connectivity index (χ2v) is 1.20. The van der Waals surface area contributed by atoms with Gasteiger partial charge in [0.1, 0.15) is 0 Å². The van der Waals surface area contributed by atoms with Crippen LogP contribution in [0.15, 0.2) is 0 Å². The Morgan fingerprint density at radius 1 is 2.00 bits per heavy atom. The van der Waals surface area contributed by atoms with Crippen LogP contribution >= 0.6 is 9.47 Å². The van der Waals surface area contributed by atoms with Crippen molar-refractivity contribution in [3.8, 4) is 0 Å². The van der Waals surface area contributed by atoms with Crippen LogP contribution in [0.5, 0.6) is 0 Å². The molecule has 0 aliphatic carbocycles. The minimum absolute atomic E-state index is 0.852.